The number of hydrogen-bond acceptors (Lipinski definition) is 4. The Morgan fingerprint density at radius 1 is 1.17 bits per heavy atom. The minimum absolute atomic E-state index is 0.00907. The smallest absolute Gasteiger partial charge is 0.137 e. The van der Waals surface area contributed by atoms with Gasteiger partial charge in [-0.3, -0.25) is 4.90 Å². The minimum atomic E-state index is -1.65. The Hall–Kier alpha value is -2.90. The molecule has 0 spiro atoms. The van der Waals surface area contributed by atoms with Gasteiger partial charge in [0.05, 0.1) is 6.54 Å². The molecule has 1 atom stereocenters. The number of aryl methyl sites for hydroxylation is 1. The molecule has 0 radical (unpaired) electrons. The maximum absolute atomic E-state index is 14.6. The summed E-state index contributed by atoms with van der Waals surface area (Å²) in [7, 11) is 0. The van der Waals surface area contributed by atoms with Gasteiger partial charge in [0.2, 0.25) is 0 Å². The van der Waals surface area contributed by atoms with Crippen molar-refractivity contribution in [2.24, 2.45) is 0 Å². The van der Waals surface area contributed by atoms with E-state index in [2.05, 4.69) is 35.7 Å². The van der Waals surface area contributed by atoms with Gasteiger partial charge in [-0.1, -0.05) is 43.3 Å². The van der Waals surface area contributed by atoms with Gasteiger partial charge in [-0.25, -0.2) is 18.4 Å². The number of halogens is 2. The van der Waals surface area contributed by atoms with E-state index in [9.17, 15) is 13.9 Å². The fraction of sp³-hybridized carbons (Fsp3) is 0.304. The minimum Gasteiger partial charge on any atom is -0.382 e. The van der Waals surface area contributed by atoms with Gasteiger partial charge >= 0.3 is 0 Å². The van der Waals surface area contributed by atoms with Crippen molar-refractivity contribution in [3.8, 4) is 0 Å². The third kappa shape index (κ3) is 5.37. The first-order valence-electron chi connectivity index (χ1n) is 9.85. The third-order valence-electron chi connectivity index (χ3n) is 5.03. The first-order valence-corrected chi connectivity index (χ1v) is 9.85. The highest BCUT2D eigenvalue weighted by molar-refractivity contribution is 5.26. The molecule has 0 amide bonds. The van der Waals surface area contributed by atoms with Crippen LogP contribution >= 0.6 is 0 Å². The zero-order valence-corrected chi connectivity index (χ0v) is 17.0. The van der Waals surface area contributed by atoms with E-state index in [1.165, 1.54) is 29.0 Å². The number of aliphatic hydroxyl groups is 1. The molecule has 1 heterocycles. The molecule has 3 aromatic rings. The third-order valence-corrected chi connectivity index (χ3v) is 5.03. The van der Waals surface area contributed by atoms with Gasteiger partial charge in [-0.05, 0) is 23.6 Å². The Morgan fingerprint density at radius 2 is 1.90 bits per heavy atom. The zero-order chi connectivity index (χ0) is 21.6. The van der Waals surface area contributed by atoms with E-state index in [1.807, 2.05) is 17.0 Å². The SMILES string of the molecule is C=CCN(Cc1ccc(CC)cc1)C[C@@](O)(Cn1cncn1)c1ccc(F)cc1F. The summed E-state index contributed by atoms with van der Waals surface area (Å²) in [5.41, 5.74) is 0.661. The molecule has 0 unspecified atom stereocenters. The maximum Gasteiger partial charge on any atom is 0.137 e. The molecule has 3 rings (SSSR count). The Bertz CT molecular complexity index is 960. The van der Waals surface area contributed by atoms with Crippen molar-refractivity contribution in [1.82, 2.24) is 19.7 Å². The lowest BCUT2D eigenvalue weighted by molar-refractivity contribution is -0.0210. The Labute approximate surface area is 175 Å². The lowest BCUT2D eigenvalue weighted by Gasteiger charge is -2.34. The second-order valence-electron chi connectivity index (χ2n) is 7.38. The lowest BCUT2D eigenvalue weighted by atomic mass is 9.92. The van der Waals surface area contributed by atoms with Gasteiger partial charge in [-0.15, -0.1) is 6.58 Å². The number of benzene rings is 2. The maximum atomic E-state index is 14.6. The average Bonchev–Trinajstić information content (AvgIpc) is 3.21. The second kappa shape index (κ2) is 9.73. The number of hydrogen-bond donors (Lipinski definition) is 1. The molecule has 2 aromatic carbocycles. The molecule has 0 saturated heterocycles. The van der Waals surface area contributed by atoms with Crippen molar-refractivity contribution in [3.05, 3.63) is 96.1 Å². The van der Waals surface area contributed by atoms with Crippen molar-refractivity contribution in [3.63, 3.8) is 0 Å². The molecule has 5 nitrogen and oxygen atoms in total. The molecule has 1 aromatic heterocycles. The summed E-state index contributed by atoms with van der Waals surface area (Å²) >= 11 is 0. The molecule has 1 N–H and O–H groups in total. The van der Waals surface area contributed by atoms with Gasteiger partial charge in [0.1, 0.15) is 29.9 Å². The van der Waals surface area contributed by atoms with Gasteiger partial charge in [0.15, 0.2) is 0 Å². The molecule has 0 fully saturated rings. The average molecular weight is 412 g/mol. The van der Waals surface area contributed by atoms with Crippen LogP contribution in [-0.4, -0.2) is 37.9 Å². The highest BCUT2D eigenvalue weighted by Gasteiger charge is 2.35. The van der Waals surface area contributed by atoms with Crippen molar-refractivity contribution in [1.29, 1.82) is 0 Å². The van der Waals surface area contributed by atoms with Crippen molar-refractivity contribution >= 4 is 0 Å². The fourth-order valence-corrected chi connectivity index (χ4v) is 3.55. The van der Waals surface area contributed by atoms with E-state index in [4.69, 9.17) is 0 Å². The number of aromatic nitrogens is 3. The molecule has 0 aliphatic heterocycles. The summed E-state index contributed by atoms with van der Waals surface area (Å²) in [6.45, 7) is 6.99. The van der Waals surface area contributed by atoms with Crippen LogP contribution in [-0.2, 0) is 25.1 Å². The lowest BCUT2D eigenvalue weighted by Crippen LogP contribution is -2.44. The first-order chi connectivity index (χ1) is 14.4. The van der Waals surface area contributed by atoms with Crippen LogP contribution in [0.15, 0.2) is 67.8 Å². The van der Waals surface area contributed by atoms with Crippen molar-refractivity contribution in [2.75, 3.05) is 13.1 Å². The molecular weight excluding hydrogens is 386 g/mol. The van der Waals surface area contributed by atoms with Crippen LogP contribution in [0.2, 0.25) is 0 Å². The summed E-state index contributed by atoms with van der Waals surface area (Å²) < 4.78 is 29.5. The van der Waals surface area contributed by atoms with Crippen LogP contribution in [0, 0.1) is 11.6 Å². The van der Waals surface area contributed by atoms with Crippen LogP contribution in [0.3, 0.4) is 0 Å². The van der Waals surface area contributed by atoms with E-state index in [1.54, 1.807) is 6.08 Å². The van der Waals surface area contributed by atoms with Crippen LogP contribution < -0.4 is 0 Å². The predicted octanol–water partition coefficient (Wildman–Crippen LogP) is 3.69. The molecule has 158 valence electrons. The molecule has 0 aliphatic rings. The summed E-state index contributed by atoms with van der Waals surface area (Å²) in [4.78, 5) is 5.86. The monoisotopic (exact) mass is 412 g/mol. The Morgan fingerprint density at radius 3 is 2.50 bits per heavy atom. The standard InChI is InChI=1S/C23H26F2N4O/c1-3-11-28(13-19-7-5-18(4-2)6-8-19)14-23(30,15-29-17-26-16-27-29)21-10-9-20(24)12-22(21)25/h3,5-10,12,16-17,30H,1,4,11,13-15H2,2H3/t23-/m1/s1. The predicted molar refractivity (Wildman–Crippen MR) is 112 cm³/mol. The Balaban J connectivity index is 1.90. The topological polar surface area (TPSA) is 54.2 Å². The summed E-state index contributed by atoms with van der Waals surface area (Å²) in [5, 5.41) is 15.6. The van der Waals surface area contributed by atoms with E-state index < -0.39 is 17.2 Å². The molecule has 0 bridgehead atoms. The summed E-state index contributed by atoms with van der Waals surface area (Å²) in [5.74, 6) is -1.50. The summed E-state index contributed by atoms with van der Waals surface area (Å²) in [6, 6.07) is 11.4. The second-order valence-corrected chi connectivity index (χ2v) is 7.38. The zero-order valence-electron chi connectivity index (χ0n) is 17.0. The quantitative estimate of drug-likeness (QED) is 0.516. The highest BCUT2D eigenvalue weighted by Crippen LogP contribution is 2.28. The summed E-state index contributed by atoms with van der Waals surface area (Å²) in [6.07, 6.45) is 5.49. The molecule has 0 saturated carbocycles. The van der Waals surface area contributed by atoms with Crippen LogP contribution in [0.4, 0.5) is 8.78 Å². The molecule has 0 aliphatic carbocycles. The Kier molecular flexibility index (Phi) is 7.07. The fourth-order valence-electron chi connectivity index (χ4n) is 3.55. The highest BCUT2D eigenvalue weighted by atomic mass is 19.1. The van der Waals surface area contributed by atoms with Gasteiger partial charge in [0, 0.05) is 31.3 Å². The van der Waals surface area contributed by atoms with E-state index >= 15 is 0 Å². The normalized spacial score (nSPS) is 13.4. The van der Waals surface area contributed by atoms with Crippen molar-refractivity contribution in [2.45, 2.75) is 32.0 Å². The van der Waals surface area contributed by atoms with Gasteiger partial charge in [0.25, 0.3) is 0 Å². The molecular formula is C23H26F2N4O. The van der Waals surface area contributed by atoms with Crippen LogP contribution in [0.1, 0.15) is 23.6 Å². The molecule has 30 heavy (non-hydrogen) atoms. The molecule has 7 heteroatoms. The van der Waals surface area contributed by atoms with Crippen LogP contribution in [0.25, 0.3) is 0 Å². The van der Waals surface area contributed by atoms with Gasteiger partial charge < -0.3 is 5.11 Å². The first kappa shape index (κ1) is 21.8. The van der Waals surface area contributed by atoms with Crippen molar-refractivity contribution < 1.29 is 13.9 Å². The van der Waals surface area contributed by atoms with Crippen LogP contribution in [0.5, 0.6) is 0 Å². The number of nitrogens with zero attached hydrogens (tertiary/aromatic N) is 4. The largest absolute Gasteiger partial charge is 0.382 e. The van der Waals surface area contributed by atoms with E-state index in [0.717, 1.165) is 24.1 Å². The van der Waals surface area contributed by atoms with E-state index in [-0.39, 0.29) is 18.7 Å². The number of rotatable bonds is 10. The van der Waals surface area contributed by atoms with E-state index in [0.29, 0.717) is 13.1 Å². The van der Waals surface area contributed by atoms with Gasteiger partial charge in [-0.2, -0.15) is 5.10 Å².